The van der Waals surface area contributed by atoms with Gasteiger partial charge in [0.15, 0.2) is 0 Å². The smallest absolute Gasteiger partial charge is 0.118 e. The molecule has 1 aromatic carbocycles. The molecule has 0 heterocycles. The Morgan fingerprint density at radius 3 is 2.24 bits per heavy atom. The molecular formula is C14H23NOS. The van der Waals surface area contributed by atoms with Crippen molar-refractivity contribution in [3.05, 3.63) is 29.8 Å². The van der Waals surface area contributed by atoms with Gasteiger partial charge < -0.3 is 10.5 Å². The Morgan fingerprint density at radius 2 is 1.82 bits per heavy atom. The van der Waals surface area contributed by atoms with Gasteiger partial charge >= 0.3 is 0 Å². The van der Waals surface area contributed by atoms with Gasteiger partial charge in [0.1, 0.15) is 5.75 Å². The summed E-state index contributed by atoms with van der Waals surface area (Å²) in [5.74, 6) is 0.895. The first-order valence-electron chi connectivity index (χ1n) is 6.13. The standard InChI is InChI=1S/C14H23NOS/c1-5-13(15)14(17-10(2)3)11-6-8-12(16-4)9-7-11/h6-10,13-14H,5,15H2,1-4H3. The van der Waals surface area contributed by atoms with Crippen LogP contribution in [0.2, 0.25) is 0 Å². The lowest BCUT2D eigenvalue weighted by Gasteiger charge is -2.24. The molecule has 96 valence electrons. The van der Waals surface area contributed by atoms with Gasteiger partial charge in [0.05, 0.1) is 7.11 Å². The first-order valence-corrected chi connectivity index (χ1v) is 7.07. The molecule has 2 N–H and O–H groups in total. The van der Waals surface area contributed by atoms with Crippen molar-refractivity contribution in [1.82, 2.24) is 0 Å². The zero-order valence-corrected chi connectivity index (χ0v) is 12.0. The van der Waals surface area contributed by atoms with Crippen molar-refractivity contribution in [2.75, 3.05) is 7.11 Å². The van der Waals surface area contributed by atoms with Gasteiger partial charge in [-0.2, -0.15) is 0 Å². The third-order valence-corrected chi connectivity index (χ3v) is 4.18. The summed E-state index contributed by atoms with van der Waals surface area (Å²) in [5, 5.41) is 0.950. The molecule has 2 nitrogen and oxygen atoms in total. The molecule has 2 unspecified atom stereocenters. The van der Waals surface area contributed by atoms with Crippen molar-refractivity contribution in [3.63, 3.8) is 0 Å². The minimum absolute atomic E-state index is 0.204. The summed E-state index contributed by atoms with van der Waals surface area (Å²) in [6.45, 7) is 6.56. The van der Waals surface area contributed by atoms with E-state index in [-0.39, 0.29) is 6.04 Å². The second kappa shape index (κ2) is 6.92. The van der Waals surface area contributed by atoms with Gasteiger partial charge in [-0.1, -0.05) is 32.9 Å². The molecule has 0 radical (unpaired) electrons. The normalized spacial score (nSPS) is 14.7. The molecule has 1 aromatic rings. The van der Waals surface area contributed by atoms with Crippen LogP contribution in [0.5, 0.6) is 5.75 Å². The third-order valence-electron chi connectivity index (χ3n) is 2.72. The molecule has 0 aliphatic carbocycles. The van der Waals surface area contributed by atoms with E-state index < -0.39 is 0 Å². The summed E-state index contributed by atoms with van der Waals surface area (Å²) in [4.78, 5) is 0. The molecule has 3 heteroatoms. The Morgan fingerprint density at radius 1 is 1.24 bits per heavy atom. The van der Waals surface area contributed by atoms with Crippen LogP contribution < -0.4 is 10.5 Å². The summed E-state index contributed by atoms with van der Waals surface area (Å²) < 4.78 is 5.18. The number of rotatable bonds is 6. The number of nitrogens with two attached hydrogens (primary N) is 1. The zero-order chi connectivity index (χ0) is 12.8. The maximum Gasteiger partial charge on any atom is 0.118 e. The van der Waals surface area contributed by atoms with Gasteiger partial charge in [-0.15, -0.1) is 11.8 Å². The predicted octanol–water partition coefficient (Wildman–Crippen LogP) is 3.62. The first-order chi connectivity index (χ1) is 8.08. The highest BCUT2D eigenvalue weighted by Crippen LogP contribution is 2.35. The van der Waals surface area contributed by atoms with Crippen LogP contribution in [-0.4, -0.2) is 18.4 Å². The summed E-state index contributed by atoms with van der Waals surface area (Å²) in [7, 11) is 1.69. The summed E-state index contributed by atoms with van der Waals surface area (Å²) in [6, 6.07) is 8.45. The molecule has 2 atom stereocenters. The van der Waals surface area contributed by atoms with Crippen molar-refractivity contribution in [1.29, 1.82) is 0 Å². The minimum atomic E-state index is 0.204. The molecule has 0 saturated heterocycles. The number of benzene rings is 1. The highest BCUT2D eigenvalue weighted by atomic mass is 32.2. The molecule has 0 spiro atoms. The van der Waals surface area contributed by atoms with Crippen molar-refractivity contribution >= 4 is 11.8 Å². The minimum Gasteiger partial charge on any atom is -0.497 e. The third kappa shape index (κ3) is 4.25. The molecular weight excluding hydrogens is 230 g/mol. The van der Waals surface area contributed by atoms with Gasteiger partial charge in [0.25, 0.3) is 0 Å². The molecule has 0 aliphatic rings. The number of hydrogen-bond acceptors (Lipinski definition) is 3. The Balaban J connectivity index is 2.87. The Kier molecular flexibility index (Phi) is 5.86. The maximum absolute atomic E-state index is 6.22. The number of methoxy groups -OCH3 is 1. The van der Waals surface area contributed by atoms with Crippen molar-refractivity contribution in [2.24, 2.45) is 5.73 Å². The summed E-state index contributed by atoms with van der Waals surface area (Å²) in [5.41, 5.74) is 7.51. The SMILES string of the molecule is CCC(N)C(SC(C)C)c1ccc(OC)cc1. The van der Waals surface area contributed by atoms with E-state index in [2.05, 4.69) is 32.9 Å². The van der Waals surface area contributed by atoms with Crippen LogP contribution in [-0.2, 0) is 0 Å². The maximum atomic E-state index is 6.22. The summed E-state index contributed by atoms with van der Waals surface area (Å²) >= 11 is 1.93. The van der Waals surface area contributed by atoms with Crippen LogP contribution in [0.25, 0.3) is 0 Å². The first kappa shape index (κ1) is 14.4. The van der Waals surface area contributed by atoms with Crippen molar-refractivity contribution in [2.45, 2.75) is 43.7 Å². The number of ether oxygens (including phenoxy) is 1. The zero-order valence-electron chi connectivity index (χ0n) is 11.1. The lowest BCUT2D eigenvalue weighted by Crippen LogP contribution is -2.26. The molecule has 0 saturated carbocycles. The molecule has 0 bridgehead atoms. The quantitative estimate of drug-likeness (QED) is 0.841. The van der Waals surface area contributed by atoms with Crippen LogP contribution >= 0.6 is 11.8 Å². The Hall–Kier alpha value is -0.670. The highest BCUT2D eigenvalue weighted by molar-refractivity contribution is 8.00. The largest absolute Gasteiger partial charge is 0.497 e. The fourth-order valence-electron chi connectivity index (χ4n) is 1.73. The fourth-order valence-corrected chi connectivity index (χ4v) is 3.02. The number of thioether (sulfide) groups is 1. The second-order valence-corrected chi connectivity index (χ2v) is 6.17. The van der Waals surface area contributed by atoms with Gasteiger partial charge in [-0.25, -0.2) is 0 Å². The summed E-state index contributed by atoms with van der Waals surface area (Å²) in [6.07, 6.45) is 0.996. The Labute approximate surface area is 109 Å². The molecule has 0 fully saturated rings. The van der Waals surface area contributed by atoms with E-state index in [1.807, 2.05) is 23.9 Å². The van der Waals surface area contributed by atoms with Crippen LogP contribution in [0.15, 0.2) is 24.3 Å². The molecule has 17 heavy (non-hydrogen) atoms. The van der Waals surface area contributed by atoms with E-state index in [0.29, 0.717) is 10.5 Å². The molecule has 0 aromatic heterocycles. The predicted molar refractivity (Wildman–Crippen MR) is 76.7 cm³/mol. The van der Waals surface area contributed by atoms with Crippen LogP contribution in [0.1, 0.15) is 38.0 Å². The van der Waals surface area contributed by atoms with Crippen molar-refractivity contribution in [3.8, 4) is 5.75 Å². The van der Waals surface area contributed by atoms with Gasteiger partial charge in [0.2, 0.25) is 0 Å². The lowest BCUT2D eigenvalue weighted by atomic mass is 10.0. The van der Waals surface area contributed by atoms with Gasteiger partial charge in [-0.3, -0.25) is 0 Å². The van der Waals surface area contributed by atoms with E-state index in [1.54, 1.807) is 7.11 Å². The molecule has 0 aliphatic heterocycles. The van der Waals surface area contributed by atoms with Gasteiger partial charge in [0, 0.05) is 11.3 Å². The average Bonchev–Trinajstić information content (AvgIpc) is 2.35. The topological polar surface area (TPSA) is 35.2 Å². The monoisotopic (exact) mass is 253 g/mol. The lowest BCUT2D eigenvalue weighted by molar-refractivity contribution is 0.414. The Bertz CT molecular complexity index is 323. The molecule has 0 amide bonds. The van der Waals surface area contributed by atoms with E-state index in [4.69, 9.17) is 10.5 Å². The molecule has 1 rings (SSSR count). The van der Waals surface area contributed by atoms with Crippen LogP contribution in [0, 0.1) is 0 Å². The van der Waals surface area contributed by atoms with E-state index in [9.17, 15) is 0 Å². The second-order valence-electron chi connectivity index (χ2n) is 4.45. The van der Waals surface area contributed by atoms with Gasteiger partial charge in [-0.05, 0) is 29.4 Å². The number of hydrogen-bond donors (Lipinski definition) is 1. The van der Waals surface area contributed by atoms with Crippen molar-refractivity contribution < 1.29 is 4.74 Å². The van der Waals surface area contributed by atoms with E-state index in [1.165, 1.54) is 5.56 Å². The van der Waals surface area contributed by atoms with Crippen LogP contribution in [0.3, 0.4) is 0 Å². The van der Waals surface area contributed by atoms with E-state index in [0.717, 1.165) is 12.2 Å². The fraction of sp³-hybridized carbons (Fsp3) is 0.571. The van der Waals surface area contributed by atoms with E-state index >= 15 is 0 Å². The highest BCUT2D eigenvalue weighted by Gasteiger charge is 2.20. The average molecular weight is 253 g/mol. The van der Waals surface area contributed by atoms with Crippen LogP contribution in [0.4, 0.5) is 0 Å².